The van der Waals surface area contributed by atoms with Crippen LogP contribution in [0, 0.1) is 0 Å². The summed E-state index contributed by atoms with van der Waals surface area (Å²) in [5, 5.41) is 8.61. The van der Waals surface area contributed by atoms with Gasteiger partial charge >= 0.3 is 5.97 Å². The van der Waals surface area contributed by atoms with Crippen LogP contribution in [0.4, 0.5) is 0 Å². The van der Waals surface area contributed by atoms with Gasteiger partial charge in [0.25, 0.3) is 0 Å². The first kappa shape index (κ1) is 11.7. The largest absolute Gasteiger partial charge is 0.481 e. The molecule has 82 valence electrons. The maximum atomic E-state index is 10.5. The standard InChI is InChI=1S/C11H15NO3/c1-15-11(12,8-7-10(13)14)9-5-3-2-4-6-9/h2-6H,7-8,12H2,1H3,(H,13,14)/t11-/m0/s1. The van der Waals surface area contributed by atoms with E-state index >= 15 is 0 Å². The molecule has 0 aliphatic heterocycles. The van der Waals surface area contributed by atoms with Gasteiger partial charge in [0.1, 0.15) is 5.72 Å². The number of rotatable bonds is 5. The lowest BCUT2D eigenvalue weighted by Gasteiger charge is -2.27. The third kappa shape index (κ3) is 3.04. The third-order valence-corrected chi connectivity index (χ3v) is 2.34. The fourth-order valence-corrected chi connectivity index (χ4v) is 1.38. The third-order valence-electron chi connectivity index (χ3n) is 2.34. The Balaban J connectivity index is 2.80. The van der Waals surface area contributed by atoms with Crippen molar-refractivity contribution in [1.29, 1.82) is 0 Å². The molecule has 1 aromatic rings. The molecule has 0 bridgehead atoms. The molecule has 0 unspecified atom stereocenters. The summed E-state index contributed by atoms with van der Waals surface area (Å²) < 4.78 is 5.19. The zero-order valence-electron chi connectivity index (χ0n) is 8.64. The van der Waals surface area contributed by atoms with Gasteiger partial charge in [0.15, 0.2) is 0 Å². The number of nitrogens with two attached hydrogens (primary N) is 1. The summed E-state index contributed by atoms with van der Waals surface area (Å²) in [6, 6.07) is 9.21. The van der Waals surface area contributed by atoms with Crippen molar-refractivity contribution < 1.29 is 14.6 Å². The first-order chi connectivity index (χ1) is 7.08. The quantitative estimate of drug-likeness (QED) is 0.717. The van der Waals surface area contributed by atoms with Gasteiger partial charge in [-0.05, 0) is 5.56 Å². The van der Waals surface area contributed by atoms with Crippen LogP contribution in [0.3, 0.4) is 0 Å². The number of aliphatic carboxylic acids is 1. The van der Waals surface area contributed by atoms with Gasteiger partial charge in [0.2, 0.25) is 0 Å². The minimum Gasteiger partial charge on any atom is -0.481 e. The highest BCUT2D eigenvalue weighted by molar-refractivity contribution is 5.66. The van der Waals surface area contributed by atoms with E-state index in [0.29, 0.717) is 0 Å². The number of hydrogen-bond donors (Lipinski definition) is 2. The molecule has 0 aliphatic rings. The van der Waals surface area contributed by atoms with Crippen LogP contribution in [0.25, 0.3) is 0 Å². The van der Waals surface area contributed by atoms with Crippen molar-refractivity contribution in [2.45, 2.75) is 18.6 Å². The Morgan fingerprint density at radius 3 is 2.53 bits per heavy atom. The van der Waals surface area contributed by atoms with Gasteiger partial charge in [-0.25, -0.2) is 0 Å². The molecule has 0 radical (unpaired) electrons. The zero-order valence-corrected chi connectivity index (χ0v) is 8.64. The maximum Gasteiger partial charge on any atom is 0.303 e. The summed E-state index contributed by atoms with van der Waals surface area (Å²) in [5.74, 6) is -0.877. The van der Waals surface area contributed by atoms with Crippen molar-refractivity contribution in [1.82, 2.24) is 0 Å². The van der Waals surface area contributed by atoms with E-state index in [1.54, 1.807) is 0 Å². The predicted molar refractivity (Wildman–Crippen MR) is 56.2 cm³/mol. The van der Waals surface area contributed by atoms with Crippen LogP contribution in [0.15, 0.2) is 30.3 Å². The van der Waals surface area contributed by atoms with E-state index in [4.69, 9.17) is 15.6 Å². The lowest BCUT2D eigenvalue weighted by atomic mass is 9.98. The molecule has 0 fully saturated rings. The SMILES string of the molecule is CO[C@@](N)(CCC(=O)O)c1ccccc1. The number of carboxylic acids is 1. The molecule has 15 heavy (non-hydrogen) atoms. The molecule has 4 heteroatoms. The number of ether oxygens (including phenoxy) is 1. The van der Waals surface area contributed by atoms with E-state index in [-0.39, 0.29) is 12.8 Å². The second-order valence-corrected chi connectivity index (χ2v) is 3.35. The van der Waals surface area contributed by atoms with E-state index in [0.717, 1.165) is 5.56 Å². The normalized spacial score (nSPS) is 14.5. The fraction of sp³-hybridized carbons (Fsp3) is 0.364. The Labute approximate surface area is 88.7 Å². The molecule has 0 amide bonds. The van der Waals surface area contributed by atoms with Crippen LogP contribution in [0.2, 0.25) is 0 Å². The van der Waals surface area contributed by atoms with Gasteiger partial charge < -0.3 is 9.84 Å². The molecule has 0 saturated carbocycles. The van der Waals surface area contributed by atoms with E-state index in [9.17, 15) is 4.79 Å². The van der Waals surface area contributed by atoms with Crippen LogP contribution >= 0.6 is 0 Å². The molecule has 1 atom stereocenters. The van der Waals surface area contributed by atoms with Crippen LogP contribution in [-0.2, 0) is 15.3 Å². The average molecular weight is 209 g/mol. The molecule has 0 spiro atoms. The molecule has 4 nitrogen and oxygen atoms in total. The topological polar surface area (TPSA) is 72.5 Å². The maximum absolute atomic E-state index is 10.5. The molecule has 1 aromatic carbocycles. The van der Waals surface area contributed by atoms with E-state index in [1.807, 2.05) is 30.3 Å². The number of carboxylic acid groups (broad SMARTS) is 1. The number of methoxy groups -OCH3 is 1. The lowest BCUT2D eigenvalue weighted by molar-refractivity contribution is -0.139. The van der Waals surface area contributed by atoms with Gasteiger partial charge in [-0.3, -0.25) is 10.5 Å². The highest BCUT2D eigenvalue weighted by Crippen LogP contribution is 2.24. The summed E-state index contributed by atoms with van der Waals surface area (Å²) in [5.41, 5.74) is 5.75. The highest BCUT2D eigenvalue weighted by atomic mass is 16.5. The van der Waals surface area contributed by atoms with Crippen molar-refractivity contribution in [2.24, 2.45) is 5.73 Å². The van der Waals surface area contributed by atoms with Gasteiger partial charge in [-0.2, -0.15) is 0 Å². The monoisotopic (exact) mass is 209 g/mol. The van der Waals surface area contributed by atoms with E-state index in [2.05, 4.69) is 0 Å². The second kappa shape index (κ2) is 4.91. The van der Waals surface area contributed by atoms with Crippen LogP contribution in [0.5, 0.6) is 0 Å². The molecule has 0 aromatic heterocycles. The van der Waals surface area contributed by atoms with Crippen molar-refractivity contribution >= 4 is 5.97 Å². The minimum atomic E-state index is -1.01. The Hall–Kier alpha value is -1.39. The molecule has 0 aliphatic carbocycles. The molecular formula is C11H15NO3. The van der Waals surface area contributed by atoms with Gasteiger partial charge in [0, 0.05) is 20.0 Å². The highest BCUT2D eigenvalue weighted by Gasteiger charge is 2.27. The predicted octanol–water partition coefficient (Wildman–Crippen LogP) is 1.31. The fourth-order valence-electron chi connectivity index (χ4n) is 1.38. The van der Waals surface area contributed by atoms with Gasteiger partial charge in [0.05, 0.1) is 0 Å². The van der Waals surface area contributed by atoms with E-state index < -0.39 is 11.7 Å². The Morgan fingerprint density at radius 1 is 1.47 bits per heavy atom. The smallest absolute Gasteiger partial charge is 0.303 e. The van der Waals surface area contributed by atoms with Crippen molar-refractivity contribution in [3.63, 3.8) is 0 Å². The Bertz CT molecular complexity index is 326. The summed E-state index contributed by atoms with van der Waals surface area (Å²) in [4.78, 5) is 10.5. The van der Waals surface area contributed by atoms with Crippen molar-refractivity contribution in [3.8, 4) is 0 Å². The number of benzene rings is 1. The van der Waals surface area contributed by atoms with Gasteiger partial charge in [-0.15, -0.1) is 0 Å². The average Bonchev–Trinajstić information content (AvgIpc) is 2.27. The summed E-state index contributed by atoms with van der Waals surface area (Å²) >= 11 is 0. The van der Waals surface area contributed by atoms with E-state index in [1.165, 1.54) is 7.11 Å². The molecular weight excluding hydrogens is 194 g/mol. The van der Waals surface area contributed by atoms with Crippen molar-refractivity contribution in [2.75, 3.05) is 7.11 Å². The molecule has 1 rings (SSSR count). The molecule has 0 saturated heterocycles. The van der Waals surface area contributed by atoms with Crippen molar-refractivity contribution in [3.05, 3.63) is 35.9 Å². The first-order valence-corrected chi connectivity index (χ1v) is 4.70. The summed E-state index contributed by atoms with van der Waals surface area (Å²) in [6.07, 6.45) is 0.238. The van der Waals surface area contributed by atoms with Gasteiger partial charge in [-0.1, -0.05) is 30.3 Å². The summed E-state index contributed by atoms with van der Waals surface area (Å²) in [6.45, 7) is 0. The lowest BCUT2D eigenvalue weighted by Crippen LogP contribution is -2.39. The van der Waals surface area contributed by atoms with Crippen LogP contribution < -0.4 is 5.73 Å². The second-order valence-electron chi connectivity index (χ2n) is 3.35. The Morgan fingerprint density at radius 2 is 2.07 bits per heavy atom. The Kier molecular flexibility index (Phi) is 3.82. The van der Waals surface area contributed by atoms with Crippen LogP contribution in [-0.4, -0.2) is 18.2 Å². The molecule has 0 heterocycles. The minimum absolute atomic E-state index is 0.0146. The van der Waals surface area contributed by atoms with Crippen LogP contribution in [0.1, 0.15) is 18.4 Å². The summed E-state index contributed by atoms with van der Waals surface area (Å²) in [7, 11) is 1.48. The first-order valence-electron chi connectivity index (χ1n) is 4.70. The number of carbonyl (C=O) groups is 1. The zero-order chi connectivity index (χ0) is 11.3. The number of hydrogen-bond acceptors (Lipinski definition) is 3. The molecule has 3 N–H and O–H groups in total.